The molecule has 4 heteroatoms. The van der Waals surface area contributed by atoms with Crippen LogP contribution in [-0.2, 0) is 17.7 Å². The summed E-state index contributed by atoms with van der Waals surface area (Å²) in [6.07, 6.45) is 42.1. The van der Waals surface area contributed by atoms with Gasteiger partial charge in [0.15, 0.2) is 0 Å². The van der Waals surface area contributed by atoms with Gasteiger partial charge in [-0.25, -0.2) is 0 Å². The number of allylic oxidation sites excluding steroid dienone is 2. The summed E-state index contributed by atoms with van der Waals surface area (Å²) in [4.78, 5) is 15.0. The Bertz CT molecular complexity index is 949. The molecular formula is C38H59N3O. The molecule has 1 aliphatic carbocycles. The lowest BCUT2D eigenvalue weighted by Crippen LogP contribution is -2.29. The zero-order valence-corrected chi connectivity index (χ0v) is 26.5. The van der Waals surface area contributed by atoms with Gasteiger partial charge in [-0.15, -0.1) is 0 Å². The molecule has 0 spiro atoms. The maximum atomic E-state index is 6.55. The number of unbranched alkanes of at least 4 members (excludes halogenated alkanes) is 13. The summed E-state index contributed by atoms with van der Waals surface area (Å²) in [7, 11) is 0. The molecule has 1 aliphatic heterocycles. The molecule has 2 fully saturated rings. The summed E-state index contributed by atoms with van der Waals surface area (Å²) in [6.45, 7) is 1.11. The smallest absolute Gasteiger partial charge is 0.0837 e. The Morgan fingerprint density at radius 2 is 1.24 bits per heavy atom. The first-order chi connectivity index (χ1) is 20.9. The van der Waals surface area contributed by atoms with Crippen LogP contribution in [0.2, 0.25) is 0 Å². The Balaban J connectivity index is 0.939. The Labute approximate surface area is 257 Å². The number of aromatic nitrogens is 2. The zero-order valence-electron chi connectivity index (χ0n) is 26.5. The van der Waals surface area contributed by atoms with Crippen LogP contribution in [0.3, 0.4) is 0 Å². The average molecular weight is 574 g/mol. The van der Waals surface area contributed by atoms with Gasteiger partial charge in [-0.3, -0.25) is 14.8 Å². The minimum Gasteiger partial charge on any atom is -0.295 e. The molecule has 42 heavy (non-hydrogen) atoms. The molecule has 4 nitrogen and oxygen atoms in total. The third-order valence-electron chi connectivity index (χ3n) is 9.55. The van der Waals surface area contributed by atoms with Gasteiger partial charge in [0, 0.05) is 43.3 Å². The predicted molar refractivity (Wildman–Crippen MR) is 176 cm³/mol. The number of nitrogens with zero attached hydrogens (tertiary/aromatic N) is 3. The van der Waals surface area contributed by atoms with Crippen molar-refractivity contribution in [3.63, 3.8) is 0 Å². The molecule has 1 saturated heterocycles. The number of fused-ring (bicyclic) bond motifs is 1. The van der Waals surface area contributed by atoms with Crippen molar-refractivity contribution in [1.82, 2.24) is 15.0 Å². The van der Waals surface area contributed by atoms with Gasteiger partial charge in [0.25, 0.3) is 0 Å². The van der Waals surface area contributed by atoms with Crippen molar-refractivity contribution in [2.75, 3.05) is 6.54 Å². The summed E-state index contributed by atoms with van der Waals surface area (Å²) >= 11 is 0. The van der Waals surface area contributed by atoms with Crippen LogP contribution < -0.4 is 0 Å². The van der Waals surface area contributed by atoms with Gasteiger partial charge in [0.05, 0.1) is 6.10 Å². The molecule has 232 valence electrons. The van der Waals surface area contributed by atoms with Gasteiger partial charge >= 0.3 is 0 Å². The molecule has 3 heterocycles. The van der Waals surface area contributed by atoms with Crippen LogP contribution in [-0.4, -0.2) is 33.7 Å². The van der Waals surface area contributed by atoms with E-state index in [0.717, 1.165) is 12.5 Å². The number of hydrogen-bond acceptors (Lipinski definition) is 4. The lowest BCUT2D eigenvalue weighted by atomic mass is 9.93. The Hall–Kier alpha value is -2.04. The maximum absolute atomic E-state index is 6.55. The highest BCUT2D eigenvalue weighted by Crippen LogP contribution is 2.41. The van der Waals surface area contributed by atoms with Crippen molar-refractivity contribution in [2.45, 2.75) is 153 Å². The average Bonchev–Trinajstić information content (AvgIpc) is 3.64. The molecule has 3 atom stereocenters. The predicted octanol–water partition coefficient (Wildman–Crippen LogP) is 10.2. The van der Waals surface area contributed by atoms with Crippen LogP contribution in [0, 0.1) is 5.92 Å². The molecule has 0 unspecified atom stereocenters. The van der Waals surface area contributed by atoms with Crippen molar-refractivity contribution < 1.29 is 4.84 Å². The Morgan fingerprint density at radius 3 is 1.86 bits per heavy atom. The fourth-order valence-electron chi connectivity index (χ4n) is 7.13. The number of hydroxylamine groups is 2. The molecule has 2 aromatic rings. The topological polar surface area (TPSA) is 38.2 Å². The summed E-state index contributed by atoms with van der Waals surface area (Å²) in [5.74, 6) is 0.793. The van der Waals surface area contributed by atoms with Crippen LogP contribution in [0.1, 0.15) is 140 Å². The number of pyridine rings is 2. The lowest BCUT2D eigenvalue weighted by molar-refractivity contribution is -0.166. The largest absolute Gasteiger partial charge is 0.295 e. The van der Waals surface area contributed by atoms with E-state index < -0.39 is 0 Å². The Kier molecular flexibility index (Phi) is 16.3. The van der Waals surface area contributed by atoms with Crippen molar-refractivity contribution in [1.29, 1.82) is 0 Å². The Morgan fingerprint density at radius 1 is 0.667 bits per heavy atom. The third kappa shape index (κ3) is 12.7. The highest BCUT2D eigenvalue weighted by atomic mass is 16.7. The van der Waals surface area contributed by atoms with E-state index in [0.29, 0.717) is 12.1 Å². The van der Waals surface area contributed by atoms with Crippen LogP contribution in [0.25, 0.3) is 0 Å². The molecule has 0 amide bonds. The summed E-state index contributed by atoms with van der Waals surface area (Å²) in [5, 5.41) is 2.41. The maximum Gasteiger partial charge on any atom is 0.0837 e. The van der Waals surface area contributed by atoms with Crippen molar-refractivity contribution in [3.05, 3.63) is 72.3 Å². The van der Waals surface area contributed by atoms with Gasteiger partial charge in [-0.05, 0) is 93.9 Å². The first-order valence-corrected chi connectivity index (χ1v) is 17.8. The van der Waals surface area contributed by atoms with Gasteiger partial charge < -0.3 is 0 Å². The molecule has 1 saturated carbocycles. The minimum absolute atomic E-state index is 0.486. The van der Waals surface area contributed by atoms with E-state index >= 15 is 0 Å². The van der Waals surface area contributed by atoms with E-state index in [4.69, 9.17) is 4.84 Å². The second-order valence-electron chi connectivity index (χ2n) is 13.0. The molecule has 0 radical (unpaired) electrons. The molecule has 2 aromatic heterocycles. The second kappa shape index (κ2) is 20.8. The fourth-order valence-corrected chi connectivity index (χ4v) is 7.13. The van der Waals surface area contributed by atoms with E-state index in [2.05, 4.69) is 39.3 Å². The van der Waals surface area contributed by atoms with Crippen LogP contribution >= 0.6 is 0 Å². The second-order valence-corrected chi connectivity index (χ2v) is 13.0. The molecule has 4 rings (SSSR count). The van der Waals surface area contributed by atoms with Gasteiger partial charge in [-0.1, -0.05) is 94.9 Å². The number of aryl methyl sites for hydroxylation is 2. The van der Waals surface area contributed by atoms with Crippen LogP contribution in [0.5, 0.6) is 0 Å². The monoisotopic (exact) mass is 573 g/mol. The van der Waals surface area contributed by atoms with Gasteiger partial charge in [0.2, 0.25) is 0 Å². The van der Waals surface area contributed by atoms with Gasteiger partial charge in [-0.2, -0.15) is 5.06 Å². The van der Waals surface area contributed by atoms with E-state index in [-0.39, 0.29) is 0 Å². The highest BCUT2D eigenvalue weighted by molar-refractivity contribution is 5.08. The first kappa shape index (κ1) is 32.9. The molecule has 2 aliphatic rings. The molecule has 0 aromatic carbocycles. The molecule has 0 N–H and O–H groups in total. The standard InChI is InChI=1S/C38H59N3O/c1(3-5-7-11-15-22-34-24-20-29-39-32-34)2-4-6-10-14-18-31-41-37-27-19-26-36(37)38(42-41)28-17-13-9-8-12-16-23-35-25-21-30-40-33-35/h6,10,20-21,24-25,29-30,32-33,36-38H,1-5,7-9,11-19,22-23,26-28,31H2/b10-6-/t36-,37+,38-/m0/s1. The fraction of sp³-hybridized carbons (Fsp3) is 0.684. The van der Waals surface area contributed by atoms with Crippen molar-refractivity contribution in [3.8, 4) is 0 Å². The summed E-state index contributed by atoms with van der Waals surface area (Å²) < 4.78 is 0. The highest BCUT2D eigenvalue weighted by Gasteiger charge is 2.44. The van der Waals surface area contributed by atoms with Crippen LogP contribution in [0.15, 0.2) is 61.2 Å². The van der Waals surface area contributed by atoms with E-state index in [9.17, 15) is 0 Å². The summed E-state index contributed by atoms with van der Waals surface area (Å²) in [5.41, 5.74) is 2.76. The van der Waals surface area contributed by atoms with Crippen molar-refractivity contribution >= 4 is 0 Å². The SMILES string of the molecule is C(=C/CCCN1O[C@@H](CCCCCCCCc2cccnc2)[C@H]2CCC[C@H]21)/CCCCCCCCCc1cccnc1. The minimum atomic E-state index is 0.486. The van der Waals surface area contributed by atoms with Gasteiger partial charge in [0.1, 0.15) is 0 Å². The molecule has 0 bridgehead atoms. The van der Waals surface area contributed by atoms with E-state index in [1.807, 2.05) is 36.9 Å². The van der Waals surface area contributed by atoms with E-state index in [1.54, 1.807) is 0 Å². The molecular weight excluding hydrogens is 514 g/mol. The third-order valence-corrected chi connectivity index (χ3v) is 9.55. The van der Waals surface area contributed by atoms with E-state index in [1.165, 1.54) is 152 Å². The van der Waals surface area contributed by atoms with Crippen LogP contribution in [0.4, 0.5) is 0 Å². The zero-order chi connectivity index (χ0) is 28.9. The van der Waals surface area contributed by atoms with Crippen molar-refractivity contribution in [2.24, 2.45) is 5.92 Å². The first-order valence-electron chi connectivity index (χ1n) is 17.8. The number of hydrogen-bond donors (Lipinski definition) is 0. The summed E-state index contributed by atoms with van der Waals surface area (Å²) in [6, 6.07) is 9.18. The quantitative estimate of drug-likeness (QED) is 0.0979. The number of rotatable bonds is 23. The normalized spacial score (nSPS) is 20.5. The lowest BCUT2D eigenvalue weighted by Gasteiger charge is -2.21.